The maximum Gasteiger partial charge on any atom is 0.336 e. The first kappa shape index (κ1) is 15.8. The summed E-state index contributed by atoms with van der Waals surface area (Å²) in [7, 11) is 0. The molecule has 3 unspecified atom stereocenters. The number of hydrogen-bond donors (Lipinski definition) is 0. The zero-order valence-electron chi connectivity index (χ0n) is 14.5. The maximum atomic E-state index is 12.5. The number of carbonyl (C=O) groups excluding carboxylic acids is 2. The quantitative estimate of drug-likeness (QED) is 0.215. The second-order valence-corrected chi connectivity index (χ2v) is 7.21. The van der Waals surface area contributed by atoms with Crippen molar-refractivity contribution in [2.24, 2.45) is 11.3 Å². The molecule has 1 aliphatic carbocycles. The lowest BCUT2D eigenvalue weighted by Gasteiger charge is -2.32. The third-order valence-electron chi connectivity index (χ3n) is 5.87. The Morgan fingerprint density at radius 2 is 1.74 bits per heavy atom. The molecule has 0 N–H and O–H groups in total. The molecule has 1 fully saturated rings. The molecule has 1 heterocycles. The molecule has 3 aromatic rings. The fraction of sp³-hybridized carbons (Fsp3) is 0.167. The van der Waals surface area contributed by atoms with E-state index in [1.165, 1.54) is 5.39 Å². The van der Waals surface area contributed by atoms with Crippen molar-refractivity contribution in [1.82, 2.24) is 0 Å². The summed E-state index contributed by atoms with van der Waals surface area (Å²) in [5, 5.41) is 4.48. The van der Waals surface area contributed by atoms with Crippen LogP contribution in [0.25, 0.3) is 21.5 Å². The lowest BCUT2D eigenvalue weighted by atomic mass is 9.64. The van der Waals surface area contributed by atoms with Gasteiger partial charge in [0.05, 0.1) is 5.92 Å². The Labute approximate surface area is 156 Å². The molecule has 1 saturated heterocycles. The van der Waals surface area contributed by atoms with Crippen LogP contribution in [-0.2, 0) is 14.3 Å². The summed E-state index contributed by atoms with van der Waals surface area (Å²) in [6.45, 7) is 0. The summed E-state index contributed by atoms with van der Waals surface area (Å²) in [6.07, 6.45) is 9.92. The zero-order chi connectivity index (χ0) is 18.6. The summed E-state index contributed by atoms with van der Waals surface area (Å²) in [4.78, 5) is 24.9. The molecule has 0 radical (unpaired) electrons. The molecule has 2 aliphatic rings. The lowest BCUT2D eigenvalue weighted by Crippen LogP contribution is -2.37. The van der Waals surface area contributed by atoms with Crippen molar-refractivity contribution in [2.45, 2.75) is 12.3 Å². The average Bonchev–Trinajstić information content (AvgIpc) is 2.96. The number of carbonyl (C=O) groups is 2. The number of ether oxygens (including phenoxy) is 1. The Morgan fingerprint density at radius 1 is 1.00 bits per heavy atom. The molecule has 3 aromatic carbocycles. The molecule has 0 amide bonds. The number of cyclic esters (lactones) is 2. The Kier molecular flexibility index (Phi) is 3.26. The van der Waals surface area contributed by atoms with E-state index in [1.807, 2.05) is 30.3 Å². The fourth-order valence-electron chi connectivity index (χ4n) is 4.56. The van der Waals surface area contributed by atoms with Crippen LogP contribution in [-0.4, -0.2) is 11.9 Å². The highest BCUT2D eigenvalue weighted by atomic mass is 16.6. The van der Waals surface area contributed by atoms with Crippen LogP contribution in [0.5, 0.6) is 0 Å². The first-order valence-corrected chi connectivity index (χ1v) is 8.97. The number of benzene rings is 3. The van der Waals surface area contributed by atoms with Gasteiger partial charge in [0.15, 0.2) is 5.41 Å². The van der Waals surface area contributed by atoms with Gasteiger partial charge in [-0.2, -0.15) is 0 Å². The van der Waals surface area contributed by atoms with E-state index >= 15 is 0 Å². The lowest BCUT2D eigenvalue weighted by molar-refractivity contribution is -0.154. The van der Waals surface area contributed by atoms with Gasteiger partial charge < -0.3 is 4.74 Å². The topological polar surface area (TPSA) is 43.4 Å². The summed E-state index contributed by atoms with van der Waals surface area (Å²) >= 11 is 0. The Balaban J connectivity index is 1.75. The predicted molar refractivity (Wildman–Crippen MR) is 104 cm³/mol. The molecule has 1 aliphatic heterocycles. The Hall–Kier alpha value is -3.38. The first-order valence-electron chi connectivity index (χ1n) is 8.97. The van der Waals surface area contributed by atoms with Crippen LogP contribution in [0.2, 0.25) is 0 Å². The molecule has 0 bridgehead atoms. The fourth-order valence-corrected chi connectivity index (χ4v) is 4.56. The zero-order valence-corrected chi connectivity index (χ0v) is 14.5. The van der Waals surface area contributed by atoms with E-state index in [1.54, 1.807) is 6.08 Å². The molecule has 3 heteroatoms. The Morgan fingerprint density at radius 3 is 2.52 bits per heavy atom. The highest BCUT2D eigenvalue weighted by Gasteiger charge is 2.59. The molecule has 130 valence electrons. The van der Waals surface area contributed by atoms with E-state index in [0.29, 0.717) is 6.42 Å². The van der Waals surface area contributed by atoms with Gasteiger partial charge in [-0.25, -0.2) is 4.79 Å². The number of fused-ring (bicyclic) bond motifs is 3. The number of rotatable bonds is 1. The van der Waals surface area contributed by atoms with Crippen LogP contribution in [0.3, 0.4) is 0 Å². The van der Waals surface area contributed by atoms with Crippen LogP contribution in [0.1, 0.15) is 17.9 Å². The number of allylic oxidation sites excluding steroid dienone is 1. The van der Waals surface area contributed by atoms with E-state index in [2.05, 4.69) is 36.3 Å². The smallest absolute Gasteiger partial charge is 0.336 e. The van der Waals surface area contributed by atoms with Crippen LogP contribution < -0.4 is 0 Å². The van der Waals surface area contributed by atoms with Gasteiger partial charge in [0.25, 0.3) is 0 Å². The van der Waals surface area contributed by atoms with Crippen molar-refractivity contribution in [1.29, 1.82) is 0 Å². The highest BCUT2D eigenvalue weighted by molar-refractivity contribution is 6.04. The van der Waals surface area contributed by atoms with Crippen molar-refractivity contribution in [3.05, 3.63) is 72.3 Å². The third-order valence-corrected chi connectivity index (χ3v) is 5.87. The number of terminal acetylenes is 1. The third kappa shape index (κ3) is 2.10. The summed E-state index contributed by atoms with van der Waals surface area (Å²) < 4.78 is 4.96. The van der Waals surface area contributed by atoms with E-state index in [4.69, 9.17) is 11.2 Å². The van der Waals surface area contributed by atoms with Crippen molar-refractivity contribution >= 4 is 33.5 Å². The molecule has 3 nitrogen and oxygen atoms in total. The van der Waals surface area contributed by atoms with E-state index in [9.17, 15) is 9.59 Å². The second-order valence-electron chi connectivity index (χ2n) is 7.21. The molecule has 27 heavy (non-hydrogen) atoms. The molecule has 0 spiro atoms. The van der Waals surface area contributed by atoms with Gasteiger partial charge in [0.2, 0.25) is 0 Å². The molecule has 0 aromatic heterocycles. The van der Waals surface area contributed by atoms with Gasteiger partial charge in [-0.3, -0.25) is 4.79 Å². The minimum absolute atomic E-state index is 0.199. The molecule has 5 rings (SSSR count). The summed E-state index contributed by atoms with van der Waals surface area (Å²) in [6, 6.07) is 18.6. The Bertz CT molecular complexity index is 1200. The molecule has 0 saturated carbocycles. The van der Waals surface area contributed by atoms with E-state index < -0.39 is 23.3 Å². The van der Waals surface area contributed by atoms with Crippen molar-refractivity contribution in [3.63, 3.8) is 0 Å². The average molecular weight is 352 g/mol. The van der Waals surface area contributed by atoms with Crippen LogP contribution >= 0.6 is 0 Å². The number of esters is 2. The SMILES string of the molecule is C#CC12C=CCC(c3cccc4cc5ccccc5cc34)C1C(=O)OC2=O. The summed E-state index contributed by atoms with van der Waals surface area (Å²) in [5.74, 6) is 0.517. The van der Waals surface area contributed by atoms with Crippen LogP contribution in [0.15, 0.2) is 66.7 Å². The first-order chi connectivity index (χ1) is 13.1. The van der Waals surface area contributed by atoms with Gasteiger partial charge in [-0.15, -0.1) is 6.42 Å². The standard InChI is InChI=1S/C24H16O3/c1-2-24-12-6-11-19(21(24)22(25)27-23(24)26)18-10-5-9-17-13-15-7-3-4-8-16(15)14-20(17)18/h1,3-10,12-14,19,21H,11H2. The predicted octanol–water partition coefficient (Wildman–Crippen LogP) is 4.36. The van der Waals surface area contributed by atoms with E-state index in [0.717, 1.165) is 21.7 Å². The van der Waals surface area contributed by atoms with Crippen molar-refractivity contribution < 1.29 is 14.3 Å². The van der Waals surface area contributed by atoms with Gasteiger partial charge in [-0.1, -0.05) is 60.5 Å². The van der Waals surface area contributed by atoms with Crippen LogP contribution in [0.4, 0.5) is 0 Å². The maximum absolute atomic E-state index is 12.5. The summed E-state index contributed by atoms with van der Waals surface area (Å²) in [5.41, 5.74) is -0.266. The molecular weight excluding hydrogens is 336 g/mol. The number of hydrogen-bond acceptors (Lipinski definition) is 3. The van der Waals surface area contributed by atoms with Gasteiger partial charge in [0, 0.05) is 5.92 Å². The van der Waals surface area contributed by atoms with Gasteiger partial charge >= 0.3 is 11.9 Å². The second kappa shape index (κ2) is 5.56. The van der Waals surface area contributed by atoms with Gasteiger partial charge in [0.1, 0.15) is 0 Å². The van der Waals surface area contributed by atoms with Crippen LogP contribution in [0, 0.1) is 23.7 Å². The monoisotopic (exact) mass is 352 g/mol. The minimum atomic E-state index is -1.29. The van der Waals surface area contributed by atoms with E-state index in [-0.39, 0.29) is 5.92 Å². The molecular formula is C24H16O3. The molecule has 3 atom stereocenters. The highest BCUT2D eigenvalue weighted by Crippen LogP contribution is 2.51. The largest absolute Gasteiger partial charge is 0.391 e. The van der Waals surface area contributed by atoms with Gasteiger partial charge in [-0.05, 0) is 45.7 Å². The van der Waals surface area contributed by atoms with Crippen molar-refractivity contribution in [2.75, 3.05) is 0 Å². The normalized spacial score (nSPS) is 26.8. The van der Waals surface area contributed by atoms with Crippen molar-refractivity contribution in [3.8, 4) is 12.3 Å². The minimum Gasteiger partial charge on any atom is -0.391 e.